The third-order valence-electron chi connectivity index (χ3n) is 4.52. The zero-order valence-corrected chi connectivity index (χ0v) is 16.2. The molecule has 29 heavy (non-hydrogen) atoms. The second kappa shape index (κ2) is 7.81. The quantitative estimate of drug-likeness (QED) is 0.495. The Balaban J connectivity index is 1.73. The summed E-state index contributed by atoms with van der Waals surface area (Å²) in [6.07, 6.45) is 0. The van der Waals surface area contributed by atoms with Crippen LogP contribution in [-0.2, 0) is 0 Å². The Labute approximate surface area is 171 Å². The van der Waals surface area contributed by atoms with Crippen LogP contribution < -0.4 is 15.7 Å². The van der Waals surface area contributed by atoms with Crippen LogP contribution in [0.1, 0.15) is 10.4 Å². The molecule has 1 aromatic heterocycles. The second-order valence-electron chi connectivity index (χ2n) is 6.33. The van der Waals surface area contributed by atoms with E-state index in [1.807, 2.05) is 12.1 Å². The third kappa shape index (κ3) is 3.73. The molecule has 0 saturated carbocycles. The number of benzene rings is 3. The minimum Gasteiger partial charge on any atom is -0.495 e. The molecule has 0 radical (unpaired) electrons. The smallest absolute Gasteiger partial charge is 0.344 e. The van der Waals surface area contributed by atoms with Gasteiger partial charge in [0.1, 0.15) is 11.5 Å². The van der Waals surface area contributed by atoms with Gasteiger partial charge in [-0.15, -0.1) is 0 Å². The van der Waals surface area contributed by atoms with Crippen molar-refractivity contribution in [2.75, 3.05) is 12.4 Å². The monoisotopic (exact) mass is 405 g/mol. The lowest BCUT2D eigenvalue weighted by molar-refractivity contribution is 0.102. The Morgan fingerprint density at radius 3 is 2.55 bits per heavy atom. The Kier molecular flexibility index (Phi) is 5.06. The highest BCUT2D eigenvalue weighted by atomic mass is 35.5. The van der Waals surface area contributed by atoms with E-state index in [9.17, 15) is 9.59 Å². The van der Waals surface area contributed by atoms with Crippen LogP contribution in [-0.4, -0.2) is 13.0 Å². The van der Waals surface area contributed by atoms with E-state index in [1.54, 1.807) is 60.7 Å². The SMILES string of the molecule is COc1ccc(NC(=O)c2ccccc2-c2cc3ccccc3c(=O)o2)cc1Cl. The summed E-state index contributed by atoms with van der Waals surface area (Å²) in [5.74, 6) is 0.493. The fourth-order valence-electron chi connectivity index (χ4n) is 3.11. The van der Waals surface area contributed by atoms with Gasteiger partial charge in [-0.05, 0) is 41.8 Å². The summed E-state index contributed by atoms with van der Waals surface area (Å²) in [6, 6.07) is 20.8. The number of halogens is 1. The van der Waals surface area contributed by atoms with Gasteiger partial charge in [0.25, 0.3) is 5.91 Å². The molecular formula is C23H16ClNO4. The molecule has 1 N–H and O–H groups in total. The molecule has 4 aromatic rings. The molecule has 0 spiro atoms. The number of methoxy groups -OCH3 is 1. The minimum atomic E-state index is -0.449. The average molecular weight is 406 g/mol. The summed E-state index contributed by atoms with van der Waals surface area (Å²) in [5.41, 5.74) is 0.969. The topological polar surface area (TPSA) is 68.5 Å². The molecule has 0 fully saturated rings. The lowest BCUT2D eigenvalue weighted by Gasteiger charge is -2.11. The largest absolute Gasteiger partial charge is 0.495 e. The Morgan fingerprint density at radius 2 is 1.76 bits per heavy atom. The van der Waals surface area contributed by atoms with Crippen molar-refractivity contribution in [2.45, 2.75) is 0 Å². The third-order valence-corrected chi connectivity index (χ3v) is 4.81. The first-order chi connectivity index (χ1) is 14.1. The molecule has 3 aromatic carbocycles. The van der Waals surface area contributed by atoms with Gasteiger partial charge in [0.05, 0.1) is 23.1 Å². The standard InChI is InChI=1S/C23H16ClNO4/c1-28-20-11-10-15(13-19(20)24)25-22(26)18-9-5-4-8-17(18)21-12-14-6-2-3-7-16(14)23(27)29-21/h2-13H,1H3,(H,25,26). The normalized spacial score (nSPS) is 10.7. The van der Waals surface area contributed by atoms with E-state index < -0.39 is 5.63 Å². The highest BCUT2D eigenvalue weighted by molar-refractivity contribution is 6.32. The van der Waals surface area contributed by atoms with Gasteiger partial charge in [0.2, 0.25) is 0 Å². The first kappa shape index (κ1) is 18.8. The summed E-state index contributed by atoms with van der Waals surface area (Å²) in [4.78, 5) is 25.3. The molecule has 1 heterocycles. The number of ether oxygens (including phenoxy) is 1. The van der Waals surface area contributed by atoms with E-state index in [4.69, 9.17) is 20.8 Å². The molecule has 0 saturated heterocycles. The molecule has 0 atom stereocenters. The molecule has 144 valence electrons. The summed E-state index contributed by atoms with van der Waals surface area (Å²) >= 11 is 6.13. The average Bonchev–Trinajstić information content (AvgIpc) is 2.74. The zero-order chi connectivity index (χ0) is 20.4. The Bertz CT molecular complexity index is 1280. The van der Waals surface area contributed by atoms with Crippen molar-refractivity contribution < 1.29 is 13.9 Å². The molecule has 0 bridgehead atoms. The van der Waals surface area contributed by atoms with Gasteiger partial charge in [0.15, 0.2) is 0 Å². The predicted molar refractivity (Wildman–Crippen MR) is 114 cm³/mol. The minimum absolute atomic E-state index is 0.326. The Morgan fingerprint density at radius 1 is 1.00 bits per heavy atom. The van der Waals surface area contributed by atoms with Crippen LogP contribution in [0.5, 0.6) is 5.75 Å². The fraction of sp³-hybridized carbons (Fsp3) is 0.0435. The van der Waals surface area contributed by atoms with E-state index in [0.717, 1.165) is 5.39 Å². The van der Waals surface area contributed by atoms with E-state index in [-0.39, 0.29) is 5.91 Å². The van der Waals surface area contributed by atoms with Gasteiger partial charge in [-0.2, -0.15) is 0 Å². The highest BCUT2D eigenvalue weighted by Crippen LogP contribution is 2.29. The van der Waals surface area contributed by atoms with Crippen LogP contribution in [0.15, 0.2) is 82.0 Å². The first-order valence-electron chi connectivity index (χ1n) is 8.84. The molecule has 0 aliphatic heterocycles. The molecule has 0 aliphatic rings. The summed E-state index contributed by atoms with van der Waals surface area (Å²) in [5, 5.41) is 4.44. The van der Waals surface area contributed by atoms with Gasteiger partial charge >= 0.3 is 5.63 Å². The van der Waals surface area contributed by atoms with Crippen LogP contribution in [0.2, 0.25) is 5.02 Å². The van der Waals surface area contributed by atoms with Gasteiger partial charge in [-0.25, -0.2) is 4.79 Å². The van der Waals surface area contributed by atoms with Crippen molar-refractivity contribution in [3.8, 4) is 17.1 Å². The van der Waals surface area contributed by atoms with Crippen molar-refractivity contribution in [1.29, 1.82) is 0 Å². The van der Waals surface area contributed by atoms with Crippen molar-refractivity contribution in [1.82, 2.24) is 0 Å². The summed E-state index contributed by atoms with van der Waals surface area (Å²) in [7, 11) is 1.52. The maximum atomic E-state index is 12.9. The number of fused-ring (bicyclic) bond motifs is 1. The predicted octanol–water partition coefficient (Wildman–Crippen LogP) is 5.37. The van der Waals surface area contributed by atoms with Crippen LogP contribution in [0.3, 0.4) is 0 Å². The van der Waals surface area contributed by atoms with Crippen LogP contribution >= 0.6 is 11.6 Å². The lowest BCUT2D eigenvalue weighted by atomic mass is 10.0. The van der Waals surface area contributed by atoms with E-state index in [2.05, 4.69) is 5.32 Å². The van der Waals surface area contributed by atoms with Crippen LogP contribution in [0.4, 0.5) is 5.69 Å². The van der Waals surface area contributed by atoms with Gasteiger partial charge in [-0.1, -0.05) is 48.0 Å². The molecule has 0 unspecified atom stereocenters. The van der Waals surface area contributed by atoms with Crippen molar-refractivity contribution in [3.63, 3.8) is 0 Å². The molecule has 6 heteroatoms. The Hall–Kier alpha value is -3.57. The fourth-order valence-corrected chi connectivity index (χ4v) is 3.36. The number of carbonyl (C=O) groups excluding carboxylic acids is 1. The maximum absolute atomic E-state index is 12.9. The van der Waals surface area contributed by atoms with Crippen LogP contribution in [0, 0.1) is 0 Å². The summed E-state index contributed by atoms with van der Waals surface area (Å²) in [6.45, 7) is 0. The number of rotatable bonds is 4. The lowest BCUT2D eigenvalue weighted by Crippen LogP contribution is -2.13. The molecule has 0 aliphatic carbocycles. The molecule has 4 rings (SSSR count). The van der Waals surface area contributed by atoms with Gasteiger partial charge in [0, 0.05) is 11.3 Å². The number of hydrogen-bond acceptors (Lipinski definition) is 4. The van der Waals surface area contributed by atoms with Gasteiger partial charge in [-0.3, -0.25) is 4.79 Å². The number of amides is 1. The highest BCUT2D eigenvalue weighted by Gasteiger charge is 2.16. The van der Waals surface area contributed by atoms with Crippen molar-refractivity contribution in [2.24, 2.45) is 0 Å². The maximum Gasteiger partial charge on any atom is 0.344 e. The number of anilines is 1. The second-order valence-corrected chi connectivity index (χ2v) is 6.74. The van der Waals surface area contributed by atoms with Crippen molar-refractivity contribution in [3.05, 3.63) is 93.8 Å². The number of nitrogens with one attached hydrogen (secondary N) is 1. The number of hydrogen-bond donors (Lipinski definition) is 1. The van der Waals surface area contributed by atoms with Gasteiger partial charge < -0.3 is 14.5 Å². The van der Waals surface area contributed by atoms with Crippen LogP contribution in [0.25, 0.3) is 22.1 Å². The molecule has 1 amide bonds. The summed E-state index contributed by atoms with van der Waals surface area (Å²) < 4.78 is 10.6. The van der Waals surface area contributed by atoms with Crippen molar-refractivity contribution >= 4 is 34.0 Å². The van der Waals surface area contributed by atoms with E-state index in [1.165, 1.54) is 7.11 Å². The van der Waals surface area contributed by atoms with E-state index >= 15 is 0 Å². The first-order valence-corrected chi connectivity index (χ1v) is 9.22. The number of carbonyl (C=O) groups is 1. The molecule has 5 nitrogen and oxygen atoms in total. The van der Waals surface area contributed by atoms with E-state index in [0.29, 0.717) is 38.7 Å². The molecular weight excluding hydrogens is 390 g/mol. The zero-order valence-electron chi connectivity index (χ0n) is 15.4.